The minimum atomic E-state index is -2.85. The zero-order valence-electron chi connectivity index (χ0n) is 32.3. The van der Waals surface area contributed by atoms with Crippen LogP contribution in [0.25, 0.3) is 6.08 Å². The van der Waals surface area contributed by atoms with Gasteiger partial charge in [-0.1, -0.05) is 161 Å². The molecular weight excluding hydrogens is 723 g/mol. The normalized spacial score (nSPS) is 13.8. The molecule has 1 aliphatic carbocycles. The van der Waals surface area contributed by atoms with Crippen molar-refractivity contribution in [1.29, 1.82) is 0 Å². The molecule has 1 atom stereocenters. The molecule has 0 N–H and O–H groups in total. The fraction of sp³-hybridized carbons (Fsp3) is 0.422. The van der Waals surface area contributed by atoms with Crippen molar-refractivity contribution in [3.8, 4) is 0 Å². The van der Waals surface area contributed by atoms with Gasteiger partial charge in [0, 0.05) is 0 Å². The van der Waals surface area contributed by atoms with Gasteiger partial charge in [0.2, 0.25) is 0 Å². The van der Waals surface area contributed by atoms with Crippen LogP contribution in [0.4, 0.5) is 0 Å². The summed E-state index contributed by atoms with van der Waals surface area (Å²) in [5.41, 5.74) is 11.6. The van der Waals surface area contributed by atoms with Crippen LogP contribution in [-0.2, 0) is 21.7 Å². The van der Waals surface area contributed by atoms with Crippen molar-refractivity contribution in [3.63, 3.8) is 0 Å². The van der Waals surface area contributed by atoms with Crippen LogP contribution >= 0.6 is 0 Å². The second kappa shape index (κ2) is 19.0. The van der Waals surface area contributed by atoms with Crippen LogP contribution in [0.2, 0.25) is 0 Å². The molecule has 0 fully saturated rings. The number of hydrogen-bond acceptors (Lipinski definition) is 0. The van der Waals surface area contributed by atoms with Gasteiger partial charge in [0.05, 0.1) is 0 Å². The van der Waals surface area contributed by atoms with Gasteiger partial charge in [-0.25, -0.2) is 6.08 Å². The Labute approximate surface area is 339 Å². The van der Waals surface area contributed by atoms with Gasteiger partial charge in [-0.05, 0) is 84.4 Å². The van der Waals surface area contributed by atoms with Crippen molar-refractivity contribution in [2.45, 2.75) is 124 Å². The molecular formula is C45H57Cl3SiTi. The molecule has 4 aromatic rings. The van der Waals surface area contributed by atoms with Crippen LogP contribution in [0, 0.1) is 6.08 Å². The van der Waals surface area contributed by atoms with Gasteiger partial charge in [0.1, 0.15) is 8.07 Å². The molecule has 4 aromatic carbocycles. The Balaban J connectivity index is 0.00000312. The van der Waals surface area contributed by atoms with Gasteiger partial charge in [0.25, 0.3) is 0 Å². The largest absolute Gasteiger partial charge is 4.00 e. The van der Waals surface area contributed by atoms with Gasteiger partial charge in [-0.2, -0.15) is 5.56 Å². The van der Waals surface area contributed by atoms with E-state index in [2.05, 4.69) is 174 Å². The maximum absolute atomic E-state index is 4.09. The summed E-state index contributed by atoms with van der Waals surface area (Å²) in [4.78, 5) is 0. The Morgan fingerprint density at radius 1 is 0.440 bits per heavy atom. The molecule has 0 saturated heterocycles. The summed E-state index contributed by atoms with van der Waals surface area (Å²) < 4.78 is 0. The quantitative estimate of drug-likeness (QED) is 0.132. The van der Waals surface area contributed by atoms with Crippen molar-refractivity contribution < 1.29 is 58.9 Å². The van der Waals surface area contributed by atoms with E-state index in [0.717, 1.165) is 0 Å². The molecule has 0 aromatic heterocycles. The third-order valence-corrected chi connectivity index (χ3v) is 15.4. The summed E-state index contributed by atoms with van der Waals surface area (Å²) in [7, 11) is -2.85. The molecule has 1 unspecified atom stereocenters. The van der Waals surface area contributed by atoms with E-state index in [1.807, 2.05) is 0 Å². The SMILES string of the molecule is CC(C)c1cc(C(C)C)cc([Si](c2cc(C(C)C)cc(C(C)C)c2)(c2cc(C(C)C)cc(C(C)C)c2)C2[C-]=Cc3ccccc32)c1.[Cl-].[Cl-].[Cl-].[Ti+4]. The first-order valence-corrected chi connectivity index (χ1v) is 20.0. The van der Waals surface area contributed by atoms with E-state index in [4.69, 9.17) is 0 Å². The number of halogens is 3. The summed E-state index contributed by atoms with van der Waals surface area (Å²) >= 11 is 0. The second-order valence-corrected chi connectivity index (χ2v) is 19.7. The Hall–Kier alpha value is -1.58. The van der Waals surface area contributed by atoms with Crippen molar-refractivity contribution in [3.05, 3.63) is 129 Å². The van der Waals surface area contributed by atoms with Crippen molar-refractivity contribution >= 4 is 29.7 Å². The average Bonchev–Trinajstić information content (AvgIpc) is 3.45. The van der Waals surface area contributed by atoms with Crippen LogP contribution in [0.15, 0.2) is 78.9 Å². The molecule has 0 aliphatic heterocycles. The molecule has 0 saturated carbocycles. The minimum Gasteiger partial charge on any atom is -1.00 e. The molecule has 0 nitrogen and oxygen atoms in total. The van der Waals surface area contributed by atoms with E-state index in [1.165, 1.54) is 60.1 Å². The van der Waals surface area contributed by atoms with Gasteiger partial charge in [-0.3, -0.25) is 6.08 Å². The molecule has 5 heteroatoms. The minimum absolute atomic E-state index is 0. The fourth-order valence-corrected chi connectivity index (χ4v) is 12.7. The predicted octanol–water partition coefficient (Wildman–Crippen LogP) is 2.06. The molecule has 0 spiro atoms. The first kappa shape index (κ1) is 46.4. The monoisotopic (exact) mass is 778 g/mol. The number of rotatable bonds is 10. The zero-order chi connectivity index (χ0) is 33.5. The van der Waals surface area contributed by atoms with Crippen LogP contribution in [0.3, 0.4) is 0 Å². The Bertz CT molecular complexity index is 1500. The summed E-state index contributed by atoms with van der Waals surface area (Å²) in [6.07, 6.45) is 6.38. The van der Waals surface area contributed by atoms with Crippen LogP contribution in [-0.4, -0.2) is 8.07 Å². The summed E-state index contributed by atoms with van der Waals surface area (Å²) in [5, 5.41) is 4.57. The predicted molar refractivity (Wildman–Crippen MR) is 205 cm³/mol. The molecule has 0 bridgehead atoms. The third kappa shape index (κ3) is 9.13. The van der Waals surface area contributed by atoms with E-state index in [0.29, 0.717) is 35.5 Å². The van der Waals surface area contributed by atoms with Gasteiger partial charge in [0.15, 0.2) is 0 Å². The van der Waals surface area contributed by atoms with E-state index in [-0.39, 0.29) is 64.5 Å². The fourth-order valence-electron chi connectivity index (χ4n) is 7.24. The van der Waals surface area contributed by atoms with E-state index < -0.39 is 8.07 Å². The van der Waals surface area contributed by atoms with Crippen LogP contribution < -0.4 is 52.8 Å². The molecule has 50 heavy (non-hydrogen) atoms. The topological polar surface area (TPSA) is 0 Å². The van der Waals surface area contributed by atoms with Gasteiger partial charge < -0.3 is 37.2 Å². The molecule has 0 amide bonds. The van der Waals surface area contributed by atoms with Crippen molar-refractivity contribution in [1.82, 2.24) is 0 Å². The summed E-state index contributed by atoms with van der Waals surface area (Å²) in [6.45, 7) is 28.3. The Morgan fingerprint density at radius 2 is 0.720 bits per heavy atom. The third-order valence-electron chi connectivity index (χ3n) is 10.4. The maximum atomic E-state index is 4.09. The van der Waals surface area contributed by atoms with Crippen LogP contribution in [0.5, 0.6) is 0 Å². The van der Waals surface area contributed by atoms with Gasteiger partial charge >= 0.3 is 21.7 Å². The number of fused-ring (bicyclic) bond motifs is 1. The number of allylic oxidation sites excluding steroid dienone is 1. The van der Waals surface area contributed by atoms with E-state index in [9.17, 15) is 0 Å². The average molecular weight is 780 g/mol. The first-order chi connectivity index (χ1) is 21.7. The van der Waals surface area contributed by atoms with E-state index in [1.54, 1.807) is 0 Å². The molecule has 0 radical (unpaired) electrons. The second-order valence-electron chi connectivity index (χ2n) is 15.8. The number of benzene rings is 4. The Morgan fingerprint density at radius 3 is 1.00 bits per heavy atom. The first-order valence-electron chi connectivity index (χ1n) is 17.9. The molecule has 0 heterocycles. The van der Waals surface area contributed by atoms with Gasteiger partial charge in [-0.15, -0.1) is 11.6 Å². The zero-order valence-corrected chi connectivity index (χ0v) is 37.1. The smallest absolute Gasteiger partial charge is 1.00 e. The Kier molecular flexibility index (Phi) is 17.6. The number of hydrogen-bond donors (Lipinski definition) is 0. The maximum Gasteiger partial charge on any atom is 4.00 e. The van der Waals surface area contributed by atoms with Crippen LogP contribution in [0.1, 0.15) is 169 Å². The van der Waals surface area contributed by atoms with Crippen molar-refractivity contribution in [2.24, 2.45) is 0 Å². The van der Waals surface area contributed by atoms with E-state index >= 15 is 0 Å². The summed E-state index contributed by atoms with van der Waals surface area (Å²) in [6, 6.07) is 32.2. The molecule has 1 aliphatic rings. The van der Waals surface area contributed by atoms with Crippen molar-refractivity contribution in [2.75, 3.05) is 0 Å². The molecule has 266 valence electrons. The molecule has 5 rings (SSSR count). The standard InChI is InChI=1S/C45H57Si.3ClH.Ti/c1-28(2)35-19-36(29(3)4)23-41(22-35)46(45-18-17-34-15-13-14-16-44(34)45,42-24-37(30(5)6)20-38(25-42)31(7)8)43-26-39(32(9)10)21-40(27-43)33(11)12;;;;/h13-17,19-33,45H,1-12H3;3*1H;/q-1;;;;+4/p-3. The summed E-state index contributed by atoms with van der Waals surface area (Å²) in [5.74, 6) is 2.67.